The standard InChI is InChI=1S/C24H16O2S2/c1-25-17-5-3-13-9-19-21(11-15(13)7-17)27-24-20-10-14-4-6-18(26-2)8-16(14)12-22(20)28-23(19)24/h3-12H,1-2H3. The van der Waals surface area contributed by atoms with Crippen LogP contribution in [0, 0.1) is 0 Å². The summed E-state index contributed by atoms with van der Waals surface area (Å²) in [5, 5.41) is 7.65. The van der Waals surface area contributed by atoms with Gasteiger partial charge in [-0.15, -0.1) is 22.7 Å². The van der Waals surface area contributed by atoms with Crippen LogP contribution in [0.25, 0.3) is 51.1 Å². The van der Waals surface area contributed by atoms with Crippen LogP contribution in [-0.4, -0.2) is 14.2 Å². The summed E-state index contributed by atoms with van der Waals surface area (Å²) in [7, 11) is 3.43. The molecule has 0 radical (unpaired) electrons. The van der Waals surface area contributed by atoms with Crippen LogP contribution in [-0.2, 0) is 0 Å². The van der Waals surface area contributed by atoms with E-state index in [0.717, 1.165) is 11.5 Å². The number of fused-ring (bicyclic) bond motifs is 7. The highest BCUT2D eigenvalue weighted by Crippen LogP contribution is 2.46. The van der Waals surface area contributed by atoms with Gasteiger partial charge in [-0.2, -0.15) is 0 Å². The van der Waals surface area contributed by atoms with E-state index in [-0.39, 0.29) is 0 Å². The fraction of sp³-hybridized carbons (Fsp3) is 0.0833. The van der Waals surface area contributed by atoms with E-state index in [9.17, 15) is 0 Å². The zero-order valence-electron chi connectivity index (χ0n) is 15.4. The predicted octanol–water partition coefficient (Wildman–Crippen LogP) is 7.59. The molecule has 2 nitrogen and oxygen atoms in total. The third-order valence-corrected chi connectivity index (χ3v) is 7.91. The zero-order valence-corrected chi connectivity index (χ0v) is 17.0. The molecule has 6 rings (SSSR count). The summed E-state index contributed by atoms with van der Waals surface area (Å²) in [6, 6.07) is 21.8. The fourth-order valence-corrected chi connectivity index (χ4v) is 6.65. The van der Waals surface area contributed by atoms with E-state index in [0.29, 0.717) is 0 Å². The molecule has 0 atom stereocenters. The highest BCUT2D eigenvalue weighted by atomic mass is 32.1. The number of rotatable bonds is 2. The van der Waals surface area contributed by atoms with E-state index in [2.05, 4.69) is 48.5 Å². The van der Waals surface area contributed by atoms with Crippen molar-refractivity contribution in [1.29, 1.82) is 0 Å². The SMILES string of the molecule is COc1ccc2cc3c(cc2c1)sc1c2cc4ccc(OC)cc4cc2sc31. The third kappa shape index (κ3) is 2.25. The van der Waals surface area contributed by atoms with Crippen LogP contribution in [0.2, 0.25) is 0 Å². The third-order valence-electron chi connectivity index (χ3n) is 5.41. The number of hydrogen-bond acceptors (Lipinski definition) is 4. The largest absolute Gasteiger partial charge is 0.497 e. The first-order valence-electron chi connectivity index (χ1n) is 9.08. The molecule has 0 saturated carbocycles. The van der Waals surface area contributed by atoms with Gasteiger partial charge in [0, 0.05) is 20.2 Å². The number of benzene rings is 4. The fourth-order valence-electron chi connectivity index (χ4n) is 3.95. The van der Waals surface area contributed by atoms with E-state index in [1.165, 1.54) is 51.1 Å². The Kier molecular flexibility index (Phi) is 3.37. The smallest absolute Gasteiger partial charge is 0.119 e. The van der Waals surface area contributed by atoms with Crippen molar-refractivity contribution in [2.75, 3.05) is 14.2 Å². The maximum absolute atomic E-state index is 5.39. The van der Waals surface area contributed by atoms with E-state index in [4.69, 9.17) is 9.47 Å². The molecule has 4 heteroatoms. The van der Waals surface area contributed by atoms with Gasteiger partial charge in [0.1, 0.15) is 11.5 Å². The van der Waals surface area contributed by atoms with Gasteiger partial charge in [0.15, 0.2) is 0 Å². The molecular formula is C24H16O2S2. The van der Waals surface area contributed by atoms with E-state index in [1.54, 1.807) is 14.2 Å². The molecule has 0 aliphatic carbocycles. The molecular weight excluding hydrogens is 384 g/mol. The van der Waals surface area contributed by atoms with Crippen LogP contribution in [0.5, 0.6) is 11.5 Å². The molecule has 0 saturated heterocycles. The molecule has 0 unspecified atom stereocenters. The van der Waals surface area contributed by atoms with E-state index >= 15 is 0 Å². The van der Waals surface area contributed by atoms with Crippen LogP contribution in [0.1, 0.15) is 0 Å². The molecule has 0 amide bonds. The molecule has 0 bridgehead atoms. The van der Waals surface area contributed by atoms with Crippen molar-refractivity contribution in [3.8, 4) is 11.5 Å². The van der Waals surface area contributed by atoms with Gasteiger partial charge < -0.3 is 9.47 Å². The molecule has 2 heterocycles. The molecule has 0 N–H and O–H groups in total. The van der Waals surface area contributed by atoms with Crippen LogP contribution in [0.4, 0.5) is 0 Å². The molecule has 136 valence electrons. The molecule has 2 aromatic heterocycles. The average molecular weight is 401 g/mol. The van der Waals surface area contributed by atoms with Gasteiger partial charge in [-0.3, -0.25) is 0 Å². The maximum atomic E-state index is 5.39. The van der Waals surface area contributed by atoms with Gasteiger partial charge in [-0.05, 0) is 70.1 Å². The van der Waals surface area contributed by atoms with Crippen molar-refractivity contribution < 1.29 is 9.47 Å². The molecule has 28 heavy (non-hydrogen) atoms. The molecule has 0 spiro atoms. The summed E-state index contributed by atoms with van der Waals surface area (Å²) in [4.78, 5) is 0. The number of thiophene rings is 2. The molecule has 0 fully saturated rings. The monoisotopic (exact) mass is 400 g/mol. The Morgan fingerprint density at radius 1 is 0.536 bits per heavy atom. The lowest BCUT2D eigenvalue weighted by molar-refractivity contribution is 0.415. The van der Waals surface area contributed by atoms with Crippen LogP contribution in [0.3, 0.4) is 0 Å². The highest BCUT2D eigenvalue weighted by molar-refractivity contribution is 7.36. The second kappa shape index (κ2) is 5.84. The normalized spacial score (nSPS) is 11.9. The van der Waals surface area contributed by atoms with Crippen molar-refractivity contribution in [3.05, 3.63) is 60.7 Å². The summed E-state index contributed by atoms with van der Waals surface area (Å²) in [5.74, 6) is 1.80. The first-order chi connectivity index (χ1) is 13.7. The topological polar surface area (TPSA) is 18.5 Å². The summed E-state index contributed by atoms with van der Waals surface area (Å²) in [6.07, 6.45) is 0. The second-order valence-electron chi connectivity index (χ2n) is 6.99. The Balaban J connectivity index is 1.67. The first kappa shape index (κ1) is 16.2. The lowest BCUT2D eigenvalue weighted by Gasteiger charge is -2.03. The molecule has 4 aromatic carbocycles. The number of hydrogen-bond donors (Lipinski definition) is 0. The lowest BCUT2D eigenvalue weighted by atomic mass is 10.1. The van der Waals surface area contributed by atoms with Crippen LogP contribution >= 0.6 is 22.7 Å². The maximum Gasteiger partial charge on any atom is 0.119 e. The van der Waals surface area contributed by atoms with Crippen molar-refractivity contribution in [1.82, 2.24) is 0 Å². The zero-order chi connectivity index (χ0) is 18.8. The van der Waals surface area contributed by atoms with E-state index in [1.807, 2.05) is 34.8 Å². The number of ether oxygens (including phenoxy) is 2. The Morgan fingerprint density at radius 2 is 1.00 bits per heavy atom. The van der Waals surface area contributed by atoms with Crippen LogP contribution in [0.15, 0.2) is 60.7 Å². The minimum Gasteiger partial charge on any atom is -0.497 e. The Hall–Kier alpha value is -2.82. The van der Waals surface area contributed by atoms with Crippen molar-refractivity contribution >= 4 is 73.8 Å². The van der Waals surface area contributed by atoms with Gasteiger partial charge in [0.25, 0.3) is 0 Å². The van der Waals surface area contributed by atoms with Crippen molar-refractivity contribution in [2.45, 2.75) is 0 Å². The minimum atomic E-state index is 0.901. The molecule has 6 aromatic rings. The lowest BCUT2D eigenvalue weighted by Crippen LogP contribution is -1.82. The molecule has 0 aliphatic rings. The molecule has 0 aliphatic heterocycles. The van der Waals surface area contributed by atoms with E-state index < -0.39 is 0 Å². The summed E-state index contributed by atoms with van der Waals surface area (Å²) in [5.41, 5.74) is 0. The quantitative estimate of drug-likeness (QED) is 0.298. The van der Waals surface area contributed by atoms with Gasteiger partial charge in [-0.1, -0.05) is 12.1 Å². The minimum absolute atomic E-state index is 0.901. The second-order valence-corrected chi connectivity index (χ2v) is 9.09. The Labute approximate surface area is 169 Å². The summed E-state index contributed by atoms with van der Waals surface area (Å²) in [6.45, 7) is 0. The van der Waals surface area contributed by atoms with Crippen molar-refractivity contribution in [2.24, 2.45) is 0 Å². The Morgan fingerprint density at radius 3 is 1.43 bits per heavy atom. The Bertz CT molecular complexity index is 1420. The van der Waals surface area contributed by atoms with Gasteiger partial charge >= 0.3 is 0 Å². The number of methoxy groups -OCH3 is 2. The predicted molar refractivity (Wildman–Crippen MR) is 123 cm³/mol. The van der Waals surface area contributed by atoms with Gasteiger partial charge in [0.2, 0.25) is 0 Å². The summed E-state index contributed by atoms with van der Waals surface area (Å²) >= 11 is 3.77. The summed E-state index contributed by atoms with van der Waals surface area (Å²) < 4.78 is 16.2. The van der Waals surface area contributed by atoms with Gasteiger partial charge in [0.05, 0.1) is 23.6 Å². The van der Waals surface area contributed by atoms with Crippen molar-refractivity contribution in [3.63, 3.8) is 0 Å². The van der Waals surface area contributed by atoms with Gasteiger partial charge in [-0.25, -0.2) is 0 Å². The van der Waals surface area contributed by atoms with Crippen LogP contribution < -0.4 is 9.47 Å². The first-order valence-corrected chi connectivity index (χ1v) is 10.7. The highest BCUT2D eigenvalue weighted by Gasteiger charge is 2.14. The average Bonchev–Trinajstić information content (AvgIpc) is 3.25.